The van der Waals surface area contributed by atoms with Gasteiger partial charge in [0.05, 0.1) is 0 Å². The molecule has 0 saturated heterocycles. The second-order valence-corrected chi connectivity index (χ2v) is 7.42. The van der Waals surface area contributed by atoms with E-state index in [4.69, 9.17) is 0 Å². The van der Waals surface area contributed by atoms with Gasteiger partial charge in [-0.25, -0.2) is 4.57 Å². The zero-order valence-corrected chi connectivity index (χ0v) is 14.5. The standard InChI is InChI=1S/C15H26N.F6P/c1-3-5-7-8-11-15-12-9-10-14-16(15)13-6-4-2;1-7(2,3,4,5)6/h9-10,12,14H,3-8,11,13H2,1-2H3;/q+1;-1. The van der Waals surface area contributed by atoms with Gasteiger partial charge in [-0.1, -0.05) is 45.6 Å². The van der Waals surface area contributed by atoms with Crippen molar-refractivity contribution in [2.75, 3.05) is 0 Å². The van der Waals surface area contributed by atoms with Crippen molar-refractivity contribution >= 4 is 7.81 Å². The van der Waals surface area contributed by atoms with Crippen LogP contribution in [0.1, 0.15) is 58.1 Å². The van der Waals surface area contributed by atoms with E-state index in [1.165, 1.54) is 57.2 Å². The normalized spacial score (nSPS) is 14.4. The Kier molecular flexibility index (Phi) is 8.01. The number of aryl methyl sites for hydroxylation is 2. The monoisotopic (exact) mass is 365 g/mol. The molecule has 23 heavy (non-hydrogen) atoms. The average Bonchev–Trinajstić information content (AvgIpc) is 2.39. The molecule has 1 nitrogen and oxygen atoms in total. The van der Waals surface area contributed by atoms with Gasteiger partial charge in [0, 0.05) is 25.0 Å². The Morgan fingerprint density at radius 2 is 1.39 bits per heavy atom. The van der Waals surface area contributed by atoms with Crippen molar-refractivity contribution in [2.24, 2.45) is 0 Å². The summed E-state index contributed by atoms with van der Waals surface area (Å²) in [6, 6.07) is 6.59. The van der Waals surface area contributed by atoms with Crippen LogP contribution in [-0.2, 0) is 13.0 Å². The van der Waals surface area contributed by atoms with Crippen LogP contribution in [0.25, 0.3) is 0 Å². The average molecular weight is 365 g/mol. The number of pyridine rings is 1. The van der Waals surface area contributed by atoms with Gasteiger partial charge in [-0.3, -0.25) is 0 Å². The van der Waals surface area contributed by atoms with E-state index in [1.807, 2.05) is 0 Å². The van der Waals surface area contributed by atoms with E-state index in [0.717, 1.165) is 0 Å². The number of hydrogen-bond donors (Lipinski definition) is 0. The van der Waals surface area contributed by atoms with Crippen LogP contribution in [0.3, 0.4) is 0 Å². The minimum absolute atomic E-state index is 1.18. The van der Waals surface area contributed by atoms with Crippen LogP contribution in [0.15, 0.2) is 24.4 Å². The molecule has 0 amide bonds. The van der Waals surface area contributed by atoms with Gasteiger partial charge < -0.3 is 0 Å². The number of nitrogens with zero attached hydrogens (tertiary/aromatic N) is 1. The summed E-state index contributed by atoms with van der Waals surface area (Å²) in [6.07, 6.45) is 11.4. The van der Waals surface area contributed by atoms with Crippen LogP contribution in [0.4, 0.5) is 25.2 Å². The van der Waals surface area contributed by atoms with Gasteiger partial charge in [0.1, 0.15) is 6.54 Å². The van der Waals surface area contributed by atoms with Crippen molar-refractivity contribution in [3.8, 4) is 0 Å². The van der Waals surface area contributed by atoms with E-state index >= 15 is 0 Å². The molecule has 0 aromatic carbocycles. The molecular formula is C15H26F6NP. The van der Waals surface area contributed by atoms with Crippen LogP contribution in [0.2, 0.25) is 0 Å². The molecule has 0 bridgehead atoms. The van der Waals surface area contributed by atoms with Crippen molar-refractivity contribution < 1.29 is 29.7 Å². The predicted molar refractivity (Wildman–Crippen MR) is 83.0 cm³/mol. The van der Waals surface area contributed by atoms with E-state index in [-0.39, 0.29) is 0 Å². The van der Waals surface area contributed by atoms with Gasteiger partial charge in [0.2, 0.25) is 0 Å². The first-order valence-corrected chi connectivity index (χ1v) is 9.90. The Morgan fingerprint density at radius 3 is 1.91 bits per heavy atom. The molecule has 0 radical (unpaired) electrons. The van der Waals surface area contributed by atoms with Crippen molar-refractivity contribution in [3.63, 3.8) is 0 Å². The summed E-state index contributed by atoms with van der Waals surface area (Å²) in [5, 5.41) is 0. The van der Waals surface area contributed by atoms with E-state index in [2.05, 4.69) is 42.8 Å². The van der Waals surface area contributed by atoms with Crippen molar-refractivity contribution in [1.82, 2.24) is 0 Å². The summed E-state index contributed by atoms with van der Waals surface area (Å²) >= 11 is 0. The molecule has 0 aliphatic rings. The van der Waals surface area contributed by atoms with Gasteiger partial charge in [0.25, 0.3) is 0 Å². The zero-order valence-electron chi connectivity index (χ0n) is 13.6. The predicted octanol–water partition coefficient (Wildman–Crippen LogP) is 7.28. The van der Waals surface area contributed by atoms with Crippen LogP contribution < -0.4 is 4.57 Å². The molecule has 0 aliphatic heterocycles. The fourth-order valence-corrected chi connectivity index (χ4v) is 2.02. The molecule has 0 unspecified atom stereocenters. The Bertz CT molecular complexity index is 446. The third kappa shape index (κ3) is 19.1. The van der Waals surface area contributed by atoms with Crippen molar-refractivity contribution in [2.45, 2.75) is 65.3 Å². The molecule has 0 spiro atoms. The number of halogens is 6. The van der Waals surface area contributed by atoms with Gasteiger partial charge >= 0.3 is 33.0 Å². The molecule has 0 fully saturated rings. The number of unbranched alkanes of at least 4 members (excludes halogenated alkanes) is 4. The van der Waals surface area contributed by atoms with Crippen LogP contribution in [-0.4, -0.2) is 0 Å². The minimum atomic E-state index is -10.7. The zero-order chi connectivity index (χ0) is 18.0. The molecule has 1 rings (SSSR count). The topological polar surface area (TPSA) is 3.88 Å². The van der Waals surface area contributed by atoms with Crippen LogP contribution in [0, 0.1) is 0 Å². The summed E-state index contributed by atoms with van der Waals surface area (Å²) < 4.78 is 61.6. The summed E-state index contributed by atoms with van der Waals surface area (Å²) in [7, 11) is -10.7. The molecule has 1 aromatic rings. The van der Waals surface area contributed by atoms with Crippen molar-refractivity contribution in [3.05, 3.63) is 30.1 Å². The van der Waals surface area contributed by atoms with Gasteiger partial charge in [0.15, 0.2) is 11.9 Å². The molecule has 1 heterocycles. The quantitative estimate of drug-likeness (QED) is 0.197. The summed E-state index contributed by atoms with van der Waals surface area (Å²) in [5.74, 6) is 0. The fraction of sp³-hybridized carbons (Fsp3) is 0.667. The first-order chi connectivity index (χ1) is 10.3. The molecule has 0 aliphatic carbocycles. The van der Waals surface area contributed by atoms with Crippen LogP contribution >= 0.6 is 7.81 Å². The fourth-order valence-electron chi connectivity index (χ4n) is 2.02. The Hall–Kier alpha value is -0.840. The molecule has 138 valence electrons. The second-order valence-electron chi connectivity index (χ2n) is 5.51. The van der Waals surface area contributed by atoms with E-state index in [0.29, 0.717) is 0 Å². The van der Waals surface area contributed by atoms with Gasteiger partial charge in [-0.15, -0.1) is 0 Å². The molecule has 0 atom stereocenters. The van der Waals surface area contributed by atoms with E-state index in [1.54, 1.807) is 0 Å². The molecule has 8 heteroatoms. The number of aromatic nitrogens is 1. The Balaban J connectivity index is 0.000000585. The summed E-state index contributed by atoms with van der Waals surface area (Å²) in [5.41, 5.74) is 1.51. The molecule has 1 aromatic heterocycles. The summed E-state index contributed by atoms with van der Waals surface area (Å²) in [6.45, 7) is 5.70. The first kappa shape index (κ1) is 22.2. The first-order valence-electron chi connectivity index (χ1n) is 7.87. The van der Waals surface area contributed by atoms with Gasteiger partial charge in [-0.2, -0.15) is 0 Å². The molecule has 0 N–H and O–H groups in total. The maximum atomic E-state index is 9.87. The number of hydrogen-bond acceptors (Lipinski definition) is 0. The maximum absolute atomic E-state index is 10.7. The van der Waals surface area contributed by atoms with Crippen molar-refractivity contribution in [1.29, 1.82) is 0 Å². The van der Waals surface area contributed by atoms with Crippen LogP contribution in [0.5, 0.6) is 0 Å². The second kappa shape index (κ2) is 8.32. The SMILES string of the molecule is CCCCCCc1cccc[n+]1CCCC.F[P-](F)(F)(F)(F)F. The van der Waals surface area contributed by atoms with E-state index < -0.39 is 7.81 Å². The number of rotatable bonds is 8. The summed E-state index contributed by atoms with van der Waals surface area (Å²) in [4.78, 5) is 0. The molecule has 0 saturated carbocycles. The Morgan fingerprint density at radius 1 is 0.826 bits per heavy atom. The third-order valence-corrected chi connectivity index (χ3v) is 3.07. The molecular weight excluding hydrogens is 339 g/mol. The Labute approximate surface area is 133 Å². The van der Waals surface area contributed by atoms with Gasteiger partial charge in [-0.05, 0) is 6.42 Å². The third-order valence-electron chi connectivity index (χ3n) is 3.07. The van der Waals surface area contributed by atoms with E-state index in [9.17, 15) is 25.2 Å².